The van der Waals surface area contributed by atoms with Crippen molar-refractivity contribution < 1.29 is 9.66 Å². The fourth-order valence-corrected chi connectivity index (χ4v) is 1.07. The zero-order valence-electron chi connectivity index (χ0n) is 5.52. The van der Waals surface area contributed by atoms with E-state index in [0.717, 1.165) is 0 Å². The van der Waals surface area contributed by atoms with Crippen molar-refractivity contribution >= 4 is 5.78 Å². The maximum Gasteiger partial charge on any atom is 0.245 e. The molecular formula is C6H5N3O2. The second-order valence-corrected chi connectivity index (χ2v) is 2.30. The third-order valence-corrected chi connectivity index (χ3v) is 1.60. The summed E-state index contributed by atoms with van der Waals surface area (Å²) in [4.78, 5) is 11.4. The number of hydroxylamine groups is 1. The van der Waals surface area contributed by atoms with Gasteiger partial charge in [0, 0.05) is 0 Å². The van der Waals surface area contributed by atoms with E-state index in [0.29, 0.717) is 10.6 Å². The van der Waals surface area contributed by atoms with Gasteiger partial charge in [0.05, 0.1) is 5.22 Å². The molecule has 1 N–H and O–H groups in total. The van der Waals surface area contributed by atoms with E-state index < -0.39 is 6.04 Å². The van der Waals surface area contributed by atoms with E-state index in [1.54, 1.807) is 12.2 Å². The van der Waals surface area contributed by atoms with Gasteiger partial charge >= 0.3 is 0 Å². The first-order valence-electron chi connectivity index (χ1n) is 3.14. The molecule has 1 aliphatic carbocycles. The van der Waals surface area contributed by atoms with Crippen LogP contribution in [0.4, 0.5) is 0 Å². The van der Waals surface area contributed by atoms with Gasteiger partial charge in [0.15, 0.2) is 5.70 Å². The number of nitrogens with one attached hydrogen (secondary N) is 1. The zero-order chi connectivity index (χ0) is 7.84. The molecular weight excluding hydrogens is 146 g/mol. The van der Waals surface area contributed by atoms with E-state index in [1.807, 2.05) is 0 Å². The first-order chi connectivity index (χ1) is 5.29. The lowest BCUT2D eigenvalue weighted by atomic mass is 10.1. The first-order valence-corrected chi connectivity index (χ1v) is 3.14. The SMILES string of the molecule is O=C1C=CC=C2NN=[N+]([O-])C12. The van der Waals surface area contributed by atoms with Crippen molar-refractivity contribution in [1.82, 2.24) is 5.43 Å². The van der Waals surface area contributed by atoms with Crippen LogP contribution in [0.5, 0.6) is 0 Å². The topological polar surface area (TPSA) is 67.5 Å². The van der Waals surface area contributed by atoms with Crippen molar-refractivity contribution in [2.45, 2.75) is 6.04 Å². The van der Waals surface area contributed by atoms with Crippen molar-refractivity contribution in [3.8, 4) is 0 Å². The van der Waals surface area contributed by atoms with Gasteiger partial charge in [-0.25, -0.2) is 0 Å². The van der Waals surface area contributed by atoms with Gasteiger partial charge < -0.3 is 5.21 Å². The van der Waals surface area contributed by atoms with Crippen molar-refractivity contribution in [1.29, 1.82) is 0 Å². The van der Waals surface area contributed by atoms with Crippen LogP contribution < -0.4 is 5.43 Å². The number of fused-ring (bicyclic) bond motifs is 1. The van der Waals surface area contributed by atoms with Crippen LogP contribution in [-0.4, -0.2) is 16.7 Å². The van der Waals surface area contributed by atoms with E-state index in [9.17, 15) is 10.0 Å². The Morgan fingerprint density at radius 2 is 2.55 bits per heavy atom. The number of hydrogen-bond donors (Lipinski definition) is 1. The third kappa shape index (κ3) is 0.739. The Labute approximate surface area is 62.3 Å². The van der Waals surface area contributed by atoms with E-state index in [1.165, 1.54) is 6.08 Å². The number of carbonyl (C=O) groups excluding carboxylic acids is 1. The molecule has 0 aromatic heterocycles. The average Bonchev–Trinajstić information content (AvgIpc) is 2.34. The normalized spacial score (nSPS) is 27.3. The van der Waals surface area contributed by atoms with Crippen LogP contribution in [0.2, 0.25) is 0 Å². The minimum atomic E-state index is -0.764. The summed E-state index contributed by atoms with van der Waals surface area (Å²) in [5.74, 6) is -0.230. The van der Waals surface area contributed by atoms with Gasteiger partial charge in [-0.15, -0.1) is 10.3 Å². The van der Waals surface area contributed by atoms with Crippen LogP contribution in [0.25, 0.3) is 0 Å². The summed E-state index contributed by atoms with van der Waals surface area (Å²) in [5.41, 5.74) is 3.01. The van der Waals surface area contributed by atoms with Crippen LogP contribution in [0.15, 0.2) is 29.1 Å². The lowest BCUT2D eigenvalue weighted by molar-refractivity contribution is -0.534. The molecule has 1 atom stereocenters. The van der Waals surface area contributed by atoms with Gasteiger partial charge in [-0.2, -0.15) is 0 Å². The second-order valence-electron chi connectivity index (χ2n) is 2.30. The van der Waals surface area contributed by atoms with E-state index in [2.05, 4.69) is 10.6 Å². The highest BCUT2D eigenvalue weighted by atomic mass is 16.5. The minimum Gasteiger partial charge on any atom is -0.695 e. The highest BCUT2D eigenvalue weighted by Crippen LogP contribution is 2.15. The zero-order valence-corrected chi connectivity index (χ0v) is 5.52. The summed E-state index contributed by atoms with van der Waals surface area (Å²) >= 11 is 0. The highest BCUT2D eigenvalue weighted by Gasteiger charge is 2.35. The van der Waals surface area contributed by atoms with Gasteiger partial charge in [0.25, 0.3) is 0 Å². The van der Waals surface area contributed by atoms with E-state index in [-0.39, 0.29) is 5.78 Å². The lowest BCUT2D eigenvalue weighted by Crippen LogP contribution is -2.29. The van der Waals surface area contributed by atoms with Gasteiger partial charge in [-0.1, -0.05) is 6.08 Å². The minimum absolute atomic E-state index is 0.230. The molecule has 56 valence electrons. The molecule has 2 aliphatic rings. The van der Waals surface area contributed by atoms with Crippen molar-refractivity contribution in [2.24, 2.45) is 5.22 Å². The van der Waals surface area contributed by atoms with Crippen LogP contribution in [0.3, 0.4) is 0 Å². The Morgan fingerprint density at radius 3 is 3.27 bits per heavy atom. The van der Waals surface area contributed by atoms with Gasteiger partial charge in [0.1, 0.15) is 0 Å². The van der Waals surface area contributed by atoms with Crippen molar-refractivity contribution in [3.63, 3.8) is 0 Å². The summed E-state index contributed by atoms with van der Waals surface area (Å²) in [6.07, 6.45) is 4.62. The summed E-state index contributed by atoms with van der Waals surface area (Å²) in [6, 6.07) is -0.764. The molecule has 5 nitrogen and oxygen atoms in total. The summed E-state index contributed by atoms with van der Waals surface area (Å²) in [5, 5.41) is 14.1. The Bertz CT molecular complexity index is 303. The fraction of sp³-hybridized carbons (Fsp3) is 0.167. The van der Waals surface area contributed by atoms with Crippen molar-refractivity contribution in [2.75, 3.05) is 0 Å². The lowest BCUT2D eigenvalue weighted by Gasteiger charge is -2.09. The van der Waals surface area contributed by atoms with E-state index in [4.69, 9.17) is 0 Å². The quantitative estimate of drug-likeness (QED) is 0.387. The third-order valence-electron chi connectivity index (χ3n) is 1.60. The van der Waals surface area contributed by atoms with Crippen molar-refractivity contribution in [3.05, 3.63) is 29.1 Å². The second kappa shape index (κ2) is 1.91. The smallest absolute Gasteiger partial charge is 0.245 e. The predicted molar refractivity (Wildman–Crippen MR) is 35.2 cm³/mol. The first kappa shape index (κ1) is 6.09. The Morgan fingerprint density at radius 1 is 1.73 bits per heavy atom. The molecule has 0 aromatic rings. The van der Waals surface area contributed by atoms with Crippen LogP contribution in [-0.2, 0) is 4.79 Å². The number of rotatable bonds is 0. The van der Waals surface area contributed by atoms with Gasteiger partial charge in [0.2, 0.25) is 11.8 Å². The summed E-state index contributed by atoms with van der Waals surface area (Å²) < 4.78 is 0. The molecule has 0 radical (unpaired) electrons. The monoisotopic (exact) mass is 151 g/mol. The Balaban J connectivity index is 2.42. The van der Waals surface area contributed by atoms with E-state index >= 15 is 0 Å². The van der Waals surface area contributed by atoms with Crippen LogP contribution >= 0.6 is 0 Å². The summed E-state index contributed by atoms with van der Waals surface area (Å²) in [7, 11) is 0. The Kier molecular flexibility index (Phi) is 1.06. The molecule has 1 heterocycles. The molecule has 1 aliphatic heterocycles. The number of allylic oxidation sites excluding steroid dienone is 2. The maximum absolute atomic E-state index is 11.0. The van der Waals surface area contributed by atoms with Crippen LogP contribution in [0, 0.1) is 5.21 Å². The molecule has 0 saturated heterocycles. The fourth-order valence-electron chi connectivity index (χ4n) is 1.07. The number of nitrogens with zero attached hydrogens (tertiary/aromatic N) is 2. The molecule has 2 rings (SSSR count). The number of hydrogen-bond acceptors (Lipinski definition) is 4. The highest BCUT2D eigenvalue weighted by molar-refractivity contribution is 5.97. The van der Waals surface area contributed by atoms with Gasteiger partial charge in [-0.3, -0.25) is 4.79 Å². The summed E-state index contributed by atoms with van der Waals surface area (Å²) in [6.45, 7) is 0. The molecule has 0 spiro atoms. The molecule has 1 unspecified atom stereocenters. The standard InChI is InChI=1S/C6H5N3O2/c10-5-3-1-2-4-6(5)9(11)8-7-4/h1-3,6-7H. The molecule has 5 heteroatoms. The largest absolute Gasteiger partial charge is 0.695 e. The predicted octanol–water partition coefficient (Wildman–Crippen LogP) is -0.142. The maximum atomic E-state index is 11.0. The molecule has 0 fully saturated rings. The molecule has 11 heavy (non-hydrogen) atoms. The average molecular weight is 151 g/mol. The molecule has 0 saturated carbocycles. The molecule has 0 amide bonds. The number of carbonyl (C=O) groups is 1. The molecule has 0 aromatic carbocycles. The number of ketones is 1. The van der Waals surface area contributed by atoms with Crippen LogP contribution in [0.1, 0.15) is 0 Å². The molecule has 0 bridgehead atoms. The Hall–Kier alpha value is -1.65. The van der Waals surface area contributed by atoms with Gasteiger partial charge in [-0.05, 0) is 12.2 Å².